The SMILES string of the molecule is C#CCC(C)C1CC(CC)CC1C. The zero-order chi connectivity index (χ0) is 9.84. The van der Waals surface area contributed by atoms with Crippen molar-refractivity contribution in [3.63, 3.8) is 0 Å². The summed E-state index contributed by atoms with van der Waals surface area (Å²) in [5, 5.41) is 0. The van der Waals surface area contributed by atoms with Crippen LogP contribution < -0.4 is 0 Å². The van der Waals surface area contributed by atoms with Gasteiger partial charge in [0.2, 0.25) is 0 Å². The van der Waals surface area contributed by atoms with Crippen LogP contribution in [0.4, 0.5) is 0 Å². The lowest BCUT2D eigenvalue weighted by Gasteiger charge is -2.21. The zero-order valence-electron chi connectivity index (χ0n) is 9.22. The molecule has 4 atom stereocenters. The average Bonchev–Trinajstić information content (AvgIpc) is 2.47. The van der Waals surface area contributed by atoms with Gasteiger partial charge < -0.3 is 0 Å². The molecule has 0 aromatic carbocycles. The molecule has 0 nitrogen and oxygen atoms in total. The molecule has 1 aliphatic carbocycles. The van der Waals surface area contributed by atoms with Crippen molar-refractivity contribution in [2.45, 2.75) is 46.5 Å². The zero-order valence-corrected chi connectivity index (χ0v) is 9.22. The van der Waals surface area contributed by atoms with E-state index in [1.807, 2.05) is 0 Å². The summed E-state index contributed by atoms with van der Waals surface area (Å²) in [7, 11) is 0. The van der Waals surface area contributed by atoms with E-state index in [0.717, 1.165) is 30.1 Å². The van der Waals surface area contributed by atoms with Gasteiger partial charge >= 0.3 is 0 Å². The third-order valence-corrected chi connectivity index (χ3v) is 3.79. The summed E-state index contributed by atoms with van der Waals surface area (Å²) in [6, 6.07) is 0. The van der Waals surface area contributed by atoms with Gasteiger partial charge in [0.05, 0.1) is 0 Å². The molecule has 0 radical (unpaired) electrons. The van der Waals surface area contributed by atoms with Gasteiger partial charge in [-0.1, -0.05) is 27.2 Å². The lowest BCUT2D eigenvalue weighted by atomic mass is 9.84. The molecular formula is C13H22. The predicted octanol–water partition coefficient (Wildman–Crippen LogP) is 3.72. The van der Waals surface area contributed by atoms with Crippen molar-refractivity contribution in [2.75, 3.05) is 0 Å². The van der Waals surface area contributed by atoms with Crippen LogP contribution in [0.3, 0.4) is 0 Å². The third kappa shape index (κ3) is 2.50. The van der Waals surface area contributed by atoms with E-state index in [0.29, 0.717) is 0 Å². The van der Waals surface area contributed by atoms with Gasteiger partial charge in [0.25, 0.3) is 0 Å². The molecule has 0 spiro atoms. The quantitative estimate of drug-likeness (QED) is 0.578. The highest BCUT2D eigenvalue weighted by Gasteiger charge is 2.33. The van der Waals surface area contributed by atoms with Crippen LogP contribution in [-0.4, -0.2) is 0 Å². The Balaban J connectivity index is 2.47. The fraction of sp³-hybridized carbons (Fsp3) is 0.846. The Morgan fingerprint density at radius 2 is 2.15 bits per heavy atom. The second-order valence-corrected chi connectivity index (χ2v) is 4.77. The van der Waals surface area contributed by atoms with Crippen molar-refractivity contribution < 1.29 is 0 Å². The lowest BCUT2D eigenvalue weighted by Crippen LogP contribution is -2.13. The number of rotatable bonds is 3. The minimum Gasteiger partial charge on any atom is -0.120 e. The van der Waals surface area contributed by atoms with Gasteiger partial charge in [-0.15, -0.1) is 12.3 Å². The van der Waals surface area contributed by atoms with Crippen molar-refractivity contribution in [1.82, 2.24) is 0 Å². The largest absolute Gasteiger partial charge is 0.120 e. The molecule has 0 heterocycles. The number of terminal acetylenes is 1. The summed E-state index contributed by atoms with van der Waals surface area (Å²) < 4.78 is 0. The molecule has 0 saturated heterocycles. The summed E-state index contributed by atoms with van der Waals surface area (Å²) in [5.41, 5.74) is 0. The van der Waals surface area contributed by atoms with Gasteiger partial charge in [-0.2, -0.15) is 0 Å². The lowest BCUT2D eigenvalue weighted by molar-refractivity contribution is 0.296. The fourth-order valence-corrected chi connectivity index (χ4v) is 2.88. The molecule has 13 heavy (non-hydrogen) atoms. The van der Waals surface area contributed by atoms with Gasteiger partial charge in [-0.25, -0.2) is 0 Å². The van der Waals surface area contributed by atoms with E-state index in [4.69, 9.17) is 6.42 Å². The van der Waals surface area contributed by atoms with Gasteiger partial charge in [0.15, 0.2) is 0 Å². The fourth-order valence-electron chi connectivity index (χ4n) is 2.88. The van der Waals surface area contributed by atoms with Crippen molar-refractivity contribution in [3.8, 4) is 12.3 Å². The molecule has 0 N–H and O–H groups in total. The van der Waals surface area contributed by atoms with Crippen molar-refractivity contribution in [2.24, 2.45) is 23.7 Å². The summed E-state index contributed by atoms with van der Waals surface area (Å²) in [5.74, 6) is 6.29. The Labute approximate surface area is 83.1 Å². The maximum Gasteiger partial charge on any atom is 0.0114 e. The summed E-state index contributed by atoms with van der Waals surface area (Å²) >= 11 is 0. The Bertz CT molecular complexity index is 187. The Kier molecular flexibility index (Phi) is 3.85. The molecule has 74 valence electrons. The first-order chi connectivity index (χ1) is 6.19. The van der Waals surface area contributed by atoms with E-state index >= 15 is 0 Å². The highest BCUT2D eigenvalue weighted by Crippen LogP contribution is 2.42. The Morgan fingerprint density at radius 3 is 2.62 bits per heavy atom. The van der Waals surface area contributed by atoms with Crippen LogP contribution in [0.25, 0.3) is 0 Å². The van der Waals surface area contributed by atoms with Crippen molar-refractivity contribution >= 4 is 0 Å². The molecule has 1 fully saturated rings. The van der Waals surface area contributed by atoms with E-state index in [1.165, 1.54) is 19.3 Å². The van der Waals surface area contributed by atoms with Gasteiger partial charge in [0.1, 0.15) is 0 Å². The molecule has 0 heteroatoms. The molecule has 0 aromatic heterocycles. The van der Waals surface area contributed by atoms with E-state index in [-0.39, 0.29) is 0 Å². The number of hydrogen-bond donors (Lipinski definition) is 0. The van der Waals surface area contributed by atoms with Gasteiger partial charge in [-0.3, -0.25) is 0 Å². The first-order valence-corrected chi connectivity index (χ1v) is 5.62. The van der Waals surface area contributed by atoms with E-state index < -0.39 is 0 Å². The molecule has 0 aliphatic heterocycles. The van der Waals surface area contributed by atoms with Crippen molar-refractivity contribution in [3.05, 3.63) is 0 Å². The monoisotopic (exact) mass is 178 g/mol. The van der Waals surface area contributed by atoms with Crippen molar-refractivity contribution in [1.29, 1.82) is 0 Å². The standard InChI is InChI=1S/C13H22/c1-5-7-10(3)13-9-12(6-2)8-11(13)4/h1,10-13H,6-9H2,2-4H3. The van der Waals surface area contributed by atoms with Gasteiger partial charge in [0, 0.05) is 6.42 Å². The summed E-state index contributed by atoms with van der Waals surface area (Å²) in [4.78, 5) is 0. The molecule has 0 amide bonds. The predicted molar refractivity (Wildman–Crippen MR) is 58.3 cm³/mol. The van der Waals surface area contributed by atoms with E-state index in [9.17, 15) is 0 Å². The van der Waals surface area contributed by atoms with Crippen LogP contribution >= 0.6 is 0 Å². The molecule has 0 aromatic rings. The van der Waals surface area contributed by atoms with Crippen LogP contribution in [0.5, 0.6) is 0 Å². The summed E-state index contributed by atoms with van der Waals surface area (Å²) in [6.45, 7) is 7.03. The summed E-state index contributed by atoms with van der Waals surface area (Å²) in [6.07, 6.45) is 10.5. The van der Waals surface area contributed by atoms with E-state index in [1.54, 1.807) is 0 Å². The van der Waals surface area contributed by atoms with E-state index in [2.05, 4.69) is 26.7 Å². The molecule has 1 saturated carbocycles. The number of hydrogen-bond acceptors (Lipinski definition) is 0. The smallest absolute Gasteiger partial charge is 0.0114 e. The molecule has 1 aliphatic rings. The van der Waals surface area contributed by atoms with Crippen LogP contribution in [0.1, 0.15) is 46.5 Å². The first kappa shape index (κ1) is 10.6. The van der Waals surface area contributed by atoms with Crippen LogP contribution in [0.15, 0.2) is 0 Å². The first-order valence-electron chi connectivity index (χ1n) is 5.62. The second kappa shape index (κ2) is 4.70. The molecular weight excluding hydrogens is 156 g/mol. The molecule has 0 bridgehead atoms. The Morgan fingerprint density at radius 1 is 1.46 bits per heavy atom. The second-order valence-electron chi connectivity index (χ2n) is 4.77. The topological polar surface area (TPSA) is 0 Å². The highest BCUT2D eigenvalue weighted by molar-refractivity contribution is 4.91. The van der Waals surface area contributed by atoms with Crippen LogP contribution in [0, 0.1) is 36.0 Å². The molecule has 4 unspecified atom stereocenters. The highest BCUT2D eigenvalue weighted by atomic mass is 14.4. The van der Waals surface area contributed by atoms with Gasteiger partial charge in [-0.05, 0) is 36.5 Å². The normalized spacial score (nSPS) is 35.7. The average molecular weight is 178 g/mol. The minimum absolute atomic E-state index is 0.733. The maximum atomic E-state index is 5.36. The minimum atomic E-state index is 0.733. The maximum absolute atomic E-state index is 5.36. The Hall–Kier alpha value is -0.440. The third-order valence-electron chi connectivity index (χ3n) is 3.79. The van der Waals surface area contributed by atoms with Crippen LogP contribution in [-0.2, 0) is 0 Å². The molecule has 1 rings (SSSR count). The van der Waals surface area contributed by atoms with Crippen LogP contribution in [0.2, 0.25) is 0 Å².